The smallest absolute Gasteiger partial charge is 0.273 e. The molecular formula is C7H5ClN2O2. The Bertz CT molecular complexity index is 366. The van der Waals surface area contributed by atoms with Crippen LogP contribution in [0.1, 0.15) is 0 Å². The summed E-state index contributed by atoms with van der Waals surface area (Å²) in [6.07, 6.45) is 6.13. The van der Waals surface area contributed by atoms with Gasteiger partial charge in [0.2, 0.25) is 5.88 Å². The standard InChI is InChI=1S/C7H5ClN2O2/c1-2-3-12-7-5(8)6(11)9-4-10-7/h1,4H,3H2,(H,9,10,11). The maximum Gasteiger partial charge on any atom is 0.273 e. The van der Waals surface area contributed by atoms with Crippen LogP contribution in [0.2, 0.25) is 5.02 Å². The van der Waals surface area contributed by atoms with Crippen molar-refractivity contribution in [3.63, 3.8) is 0 Å². The first-order valence-corrected chi connectivity index (χ1v) is 3.43. The van der Waals surface area contributed by atoms with E-state index in [2.05, 4.69) is 15.9 Å². The summed E-state index contributed by atoms with van der Waals surface area (Å²) in [6.45, 7) is 0.0379. The molecule has 0 bridgehead atoms. The predicted octanol–water partition coefficient (Wildman–Crippen LogP) is 0.435. The van der Waals surface area contributed by atoms with Gasteiger partial charge in [-0.1, -0.05) is 17.5 Å². The van der Waals surface area contributed by atoms with Gasteiger partial charge in [-0.2, -0.15) is 0 Å². The Kier molecular flexibility index (Phi) is 2.72. The van der Waals surface area contributed by atoms with E-state index < -0.39 is 5.56 Å². The lowest BCUT2D eigenvalue weighted by Crippen LogP contribution is -2.09. The molecule has 62 valence electrons. The SMILES string of the molecule is C#CCOc1nc[nH]c(=O)c1Cl. The molecule has 0 aliphatic carbocycles. The minimum atomic E-state index is -0.446. The Morgan fingerprint density at radius 1 is 1.83 bits per heavy atom. The molecule has 1 N–H and O–H groups in total. The van der Waals surface area contributed by atoms with Crippen molar-refractivity contribution in [3.05, 3.63) is 21.7 Å². The number of H-pyrrole nitrogens is 1. The zero-order valence-corrected chi connectivity index (χ0v) is 6.76. The molecule has 1 aromatic rings. The predicted molar refractivity (Wildman–Crippen MR) is 44.2 cm³/mol. The van der Waals surface area contributed by atoms with Gasteiger partial charge < -0.3 is 9.72 Å². The van der Waals surface area contributed by atoms with Gasteiger partial charge in [0.25, 0.3) is 5.56 Å². The number of hydrogen-bond acceptors (Lipinski definition) is 3. The van der Waals surface area contributed by atoms with Crippen molar-refractivity contribution in [1.82, 2.24) is 9.97 Å². The Hall–Kier alpha value is -1.47. The van der Waals surface area contributed by atoms with Crippen molar-refractivity contribution in [2.75, 3.05) is 6.61 Å². The first-order valence-electron chi connectivity index (χ1n) is 3.05. The fourth-order valence-electron chi connectivity index (χ4n) is 0.577. The fourth-order valence-corrected chi connectivity index (χ4v) is 0.735. The Labute approximate surface area is 73.5 Å². The number of aromatic nitrogens is 2. The lowest BCUT2D eigenvalue weighted by molar-refractivity contribution is 0.354. The van der Waals surface area contributed by atoms with E-state index in [9.17, 15) is 4.79 Å². The number of halogens is 1. The molecule has 0 aromatic carbocycles. The second-order valence-corrected chi connectivity index (χ2v) is 2.22. The number of ether oxygens (including phenoxy) is 1. The van der Waals surface area contributed by atoms with Gasteiger partial charge in [0.15, 0.2) is 11.6 Å². The molecule has 0 radical (unpaired) electrons. The summed E-state index contributed by atoms with van der Waals surface area (Å²) in [5.74, 6) is 2.28. The van der Waals surface area contributed by atoms with E-state index in [1.807, 2.05) is 0 Å². The van der Waals surface area contributed by atoms with Gasteiger partial charge >= 0.3 is 0 Å². The summed E-state index contributed by atoms with van der Waals surface area (Å²) < 4.78 is 4.87. The van der Waals surface area contributed by atoms with Gasteiger partial charge in [-0.25, -0.2) is 4.98 Å². The van der Waals surface area contributed by atoms with Crippen LogP contribution in [0.25, 0.3) is 0 Å². The van der Waals surface area contributed by atoms with Gasteiger partial charge in [0.1, 0.15) is 0 Å². The first-order chi connectivity index (χ1) is 5.75. The molecule has 0 unspecified atom stereocenters. The van der Waals surface area contributed by atoms with E-state index in [1.165, 1.54) is 6.33 Å². The van der Waals surface area contributed by atoms with Crippen LogP contribution in [-0.4, -0.2) is 16.6 Å². The monoisotopic (exact) mass is 184 g/mol. The number of aromatic amines is 1. The number of terminal acetylenes is 1. The second-order valence-electron chi connectivity index (χ2n) is 1.84. The molecule has 0 aliphatic rings. The molecule has 0 aliphatic heterocycles. The van der Waals surface area contributed by atoms with Gasteiger partial charge in [0.05, 0.1) is 6.33 Å². The quantitative estimate of drug-likeness (QED) is 0.679. The van der Waals surface area contributed by atoms with Crippen LogP contribution in [0.4, 0.5) is 0 Å². The molecule has 4 nitrogen and oxygen atoms in total. The second kappa shape index (κ2) is 3.79. The van der Waals surface area contributed by atoms with E-state index in [0.29, 0.717) is 0 Å². The van der Waals surface area contributed by atoms with Gasteiger partial charge in [-0.15, -0.1) is 6.42 Å². The maximum absolute atomic E-state index is 10.8. The van der Waals surface area contributed by atoms with Crippen molar-refractivity contribution in [1.29, 1.82) is 0 Å². The maximum atomic E-state index is 10.8. The van der Waals surface area contributed by atoms with E-state index in [1.54, 1.807) is 0 Å². The topological polar surface area (TPSA) is 55.0 Å². The largest absolute Gasteiger partial charge is 0.463 e. The lowest BCUT2D eigenvalue weighted by Gasteiger charge is -2.00. The molecule has 0 spiro atoms. The minimum absolute atomic E-state index is 0.0379. The summed E-state index contributed by atoms with van der Waals surface area (Å²) in [5, 5.41) is -0.0900. The fraction of sp³-hybridized carbons (Fsp3) is 0.143. The minimum Gasteiger partial charge on any atom is -0.463 e. The molecule has 1 aromatic heterocycles. The Morgan fingerprint density at radius 3 is 3.25 bits per heavy atom. The molecule has 1 rings (SSSR count). The summed E-state index contributed by atoms with van der Waals surface area (Å²) in [6, 6.07) is 0. The molecule has 0 saturated carbocycles. The van der Waals surface area contributed by atoms with Crippen LogP contribution in [0, 0.1) is 12.3 Å². The molecule has 0 atom stereocenters. The third kappa shape index (κ3) is 1.77. The third-order valence-corrected chi connectivity index (χ3v) is 1.39. The van der Waals surface area contributed by atoms with Crippen molar-refractivity contribution in [2.24, 2.45) is 0 Å². The van der Waals surface area contributed by atoms with Crippen LogP contribution >= 0.6 is 11.6 Å². The lowest BCUT2D eigenvalue weighted by atomic mass is 10.6. The number of hydrogen-bond donors (Lipinski definition) is 1. The molecule has 0 saturated heterocycles. The Morgan fingerprint density at radius 2 is 2.58 bits per heavy atom. The molecule has 5 heteroatoms. The summed E-state index contributed by atoms with van der Waals surface area (Å²) in [5.41, 5.74) is -0.446. The van der Waals surface area contributed by atoms with E-state index in [4.69, 9.17) is 22.8 Å². The number of nitrogens with one attached hydrogen (secondary N) is 1. The number of nitrogens with zero attached hydrogens (tertiary/aromatic N) is 1. The first kappa shape index (κ1) is 8.62. The van der Waals surface area contributed by atoms with Crippen molar-refractivity contribution >= 4 is 11.6 Å². The summed E-state index contributed by atoms with van der Waals surface area (Å²) in [4.78, 5) is 16.8. The highest BCUT2D eigenvalue weighted by molar-refractivity contribution is 6.31. The van der Waals surface area contributed by atoms with Crippen molar-refractivity contribution < 1.29 is 4.74 Å². The number of rotatable bonds is 2. The van der Waals surface area contributed by atoms with Crippen molar-refractivity contribution in [3.8, 4) is 18.2 Å². The highest BCUT2D eigenvalue weighted by Crippen LogP contribution is 2.14. The van der Waals surface area contributed by atoms with E-state index in [0.717, 1.165) is 0 Å². The zero-order chi connectivity index (χ0) is 8.97. The molecule has 1 heterocycles. The third-order valence-electron chi connectivity index (χ3n) is 1.06. The van der Waals surface area contributed by atoms with Crippen LogP contribution in [0.3, 0.4) is 0 Å². The van der Waals surface area contributed by atoms with E-state index >= 15 is 0 Å². The zero-order valence-electron chi connectivity index (χ0n) is 6.00. The van der Waals surface area contributed by atoms with Gasteiger partial charge in [-0.05, 0) is 0 Å². The molecular weight excluding hydrogens is 180 g/mol. The Balaban J connectivity index is 2.94. The highest BCUT2D eigenvalue weighted by atomic mass is 35.5. The summed E-state index contributed by atoms with van der Waals surface area (Å²) in [7, 11) is 0. The average molecular weight is 185 g/mol. The molecule has 0 amide bonds. The van der Waals surface area contributed by atoms with Crippen LogP contribution in [0.15, 0.2) is 11.1 Å². The van der Waals surface area contributed by atoms with Crippen molar-refractivity contribution in [2.45, 2.75) is 0 Å². The van der Waals surface area contributed by atoms with Gasteiger partial charge in [0, 0.05) is 0 Å². The van der Waals surface area contributed by atoms with Crippen LogP contribution in [0.5, 0.6) is 5.88 Å². The van der Waals surface area contributed by atoms with Crippen LogP contribution < -0.4 is 10.3 Å². The molecule has 12 heavy (non-hydrogen) atoms. The normalized spacial score (nSPS) is 9.00. The average Bonchev–Trinajstić information content (AvgIpc) is 2.08. The van der Waals surface area contributed by atoms with Crippen LogP contribution in [-0.2, 0) is 0 Å². The highest BCUT2D eigenvalue weighted by Gasteiger charge is 2.05. The van der Waals surface area contributed by atoms with Gasteiger partial charge in [-0.3, -0.25) is 4.79 Å². The molecule has 0 fully saturated rings. The summed E-state index contributed by atoms with van der Waals surface area (Å²) >= 11 is 5.53. The van der Waals surface area contributed by atoms with E-state index in [-0.39, 0.29) is 17.5 Å².